The fourth-order valence-electron chi connectivity index (χ4n) is 6.55. The van der Waals surface area contributed by atoms with Gasteiger partial charge in [0.15, 0.2) is 0 Å². The summed E-state index contributed by atoms with van der Waals surface area (Å²) in [5.41, 5.74) is 3.92. The minimum Gasteiger partial charge on any atom is -0.396 e. The lowest BCUT2D eigenvalue weighted by Crippen LogP contribution is -2.45. The van der Waals surface area contributed by atoms with Crippen molar-refractivity contribution >= 4 is 6.08 Å². The van der Waals surface area contributed by atoms with E-state index in [9.17, 15) is 14.6 Å². The van der Waals surface area contributed by atoms with Gasteiger partial charge in [0.25, 0.3) is 0 Å². The van der Waals surface area contributed by atoms with Crippen molar-refractivity contribution in [1.82, 2.24) is 9.78 Å². The van der Waals surface area contributed by atoms with E-state index < -0.39 is 0 Å². The van der Waals surface area contributed by atoms with Crippen LogP contribution in [0.25, 0.3) is 11.8 Å². The van der Waals surface area contributed by atoms with Crippen LogP contribution < -0.4 is 0 Å². The van der Waals surface area contributed by atoms with E-state index in [0.29, 0.717) is 12.3 Å². The topological polar surface area (TPSA) is 58.3 Å². The Hall–Kier alpha value is -1.98. The van der Waals surface area contributed by atoms with Crippen molar-refractivity contribution < 1.29 is 14.6 Å². The first-order valence-electron chi connectivity index (χ1n) is 11.8. The van der Waals surface area contributed by atoms with Crippen molar-refractivity contribution in [2.75, 3.05) is 6.61 Å². The quantitative estimate of drug-likeness (QED) is 0.705. The lowest BCUT2D eigenvalue weighted by Gasteiger charge is -2.47. The highest BCUT2D eigenvalue weighted by Gasteiger charge is 2.56. The first kappa shape index (κ1) is 20.9. The van der Waals surface area contributed by atoms with Gasteiger partial charge in [-0.05, 0) is 80.3 Å². The number of aromatic nitrogens is 2. The van der Waals surface area contributed by atoms with Crippen LogP contribution in [0, 0.1) is 22.6 Å². The van der Waals surface area contributed by atoms with Gasteiger partial charge in [0.1, 0.15) is 5.82 Å². The second-order valence-corrected chi connectivity index (χ2v) is 10.2. The molecule has 5 heteroatoms. The van der Waals surface area contributed by atoms with Crippen LogP contribution in [0.5, 0.6) is 0 Å². The Bertz CT molecular complexity index is 976. The molecule has 1 aromatic carbocycles. The number of rotatable bonds is 5. The fourth-order valence-corrected chi connectivity index (χ4v) is 6.55. The molecule has 1 heterocycles. The Labute approximate surface area is 183 Å². The number of hydrogen-bond acceptors (Lipinski definition) is 3. The summed E-state index contributed by atoms with van der Waals surface area (Å²) < 4.78 is 15.3. The van der Waals surface area contributed by atoms with Gasteiger partial charge in [-0.1, -0.05) is 31.8 Å². The standard InChI is InChI=1S/C26H33FN2O2/c1-25-14-19-16-28-29(22-9-7-21(27)8-10-22)23(19)13-20(25)11-12-26(25,17-30)15-24(31)18-5-3-2-4-6-18/h7-10,13,16,18,24,30-31H,2-6,11-12,14-15,17H2,1H3/t24?,25-,26-/m0/s1. The molecule has 3 aliphatic carbocycles. The molecule has 2 aromatic rings. The number of halogens is 1. The van der Waals surface area contributed by atoms with Gasteiger partial charge in [-0.2, -0.15) is 5.10 Å². The summed E-state index contributed by atoms with van der Waals surface area (Å²) in [4.78, 5) is 0. The van der Waals surface area contributed by atoms with Crippen molar-refractivity contribution in [3.8, 4) is 5.69 Å². The molecule has 0 amide bonds. The third-order valence-electron chi connectivity index (χ3n) is 8.66. The molecule has 0 bridgehead atoms. The van der Waals surface area contributed by atoms with Gasteiger partial charge in [-0.25, -0.2) is 9.07 Å². The number of fused-ring (bicyclic) bond motifs is 2. The SMILES string of the molecule is C[C@]12Cc3cnn(-c4ccc(F)cc4)c3C=C1CC[C@@]2(CO)CC(O)C1CCCCC1. The summed E-state index contributed by atoms with van der Waals surface area (Å²) in [5, 5.41) is 26.4. The van der Waals surface area contributed by atoms with E-state index in [1.54, 1.807) is 12.1 Å². The fraction of sp³-hybridized carbons (Fsp3) is 0.577. The van der Waals surface area contributed by atoms with E-state index in [0.717, 1.165) is 49.0 Å². The van der Waals surface area contributed by atoms with E-state index in [-0.39, 0.29) is 29.4 Å². The van der Waals surface area contributed by atoms with E-state index in [4.69, 9.17) is 0 Å². The third-order valence-corrected chi connectivity index (χ3v) is 8.66. The number of aliphatic hydroxyl groups is 2. The first-order chi connectivity index (χ1) is 15.0. The Morgan fingerprint density at radius 2 is 1.94 bits per heavy atom. The van der Waals surface area contributed by atoms with Gasteiger partial charge < -0.3 is 10.2 Å². The zero-order valence-electron chi connectivity index (χ0n) is 18.4. The molecule has 2 N–H and O–H groups in total. The second kappa shape index (κ2) is 7.86. The Morgan fingerprint density at radius 1 is 1.19 bits per heavy atom. The molecule has 1 unspecified atom stereocenters. The molecular weight excluding hydrogens is 391 g/mol. The first-order valence-corrected chi connectivity index (χ1v) is 11.8. The average molecular weight is 425 g/mol. The summed E-state index contributed by atoms with van der Waals surface area (Å²) in [7, 11) is 0. The number of hydrogen-bond donors (Lipinski definition) is 2. The van der Waals surface area contributed by atoms with Crippen LogP contribution in [0.4, 0.5) is 4.39 Å². The maximum absolute atomic E-state index is 13.4. The number of nitrogens with zero attached hydrogens (tertiary/aromatic N) is 2. The number of aliphatic hydroxyl groups excluding tert-OH is 2. The normalized spacial score (nSPS) is 29.4. The van der Waals surface area contributed by atoms with Crippen LogP contribution in [-0.4, -0.2) is 32.7 Å². The van der Waals surface area contributed by atoms with Gasteiger partial charge >= 0.3 is 0 Å². The molecule has 5 rings (SSSR count). The zero-order valence-corrected chi connectivity index (χ0v) is 18.4. The largest absolute Gasteiger partial charge is 0.396 e. The Balaban J connectivity index is 1.45. The van der Waals surface area contributed by atoms with Crippen molar-refractivity contribution in [3.63, 3.8) is 0 Å². The molecule has 1 aromatic heterocycles. The highest BCUT2D eigenvalue weighted by atomic mass is 19.1. The minimum atomic E-state index is -0.341. The monoisotopic (exact) mass is 424 g/mol. The Kier molecular flexibility index (Phi) is 5.30. The van der Waals surface area contributed by atoms with Crippen molar-refractivity contribution in [2.24, 2.45) is 16.7 Å². The average Bonchev–Trinajstić information content (AvgIpc) is 3.31. The summed E-state index contributed by atoms with van der Waals surface area (Å²) in [6.07, 6.45) is 13.0. The van der Waals surface area contributed by atoms with Crippen molar-refractivity contribution in [2.45, 2.75) is 70.8 Å². The van der Waals surface area contributed by atoms with Gasteiger partial charge in [0.2, 0.25) is 0 Å². The van der Waals surface area contributed by atoms with Crippen molar-refractivity contribution in [1.29, 1.82) is 0 Å². The smallest absolute Gasteiger partial charge is 0.123 e. The minimum absolute atomic E-state index is 0.103. The molecule has 166 valence electrons. The lowest BCUT2D eigenvalue weighted by molar-refractivity contribution is -0.0352. The molecule has 4 nitrogen and oxygen atoms in total. The molecule has 3 atom stereocenters. The summed E-state index contributed by atoms with van der Waals surface area (Å²) in [6, 6.07) is 6.43. The summed E-state index contributed by atoms with van der Waals surface area (Å²) in [5.74, 6) is 0.116. The summed E-state index contributed by atoms with van der Waals surface area (Å²) >= 11 is 0. The van der Waals surface area contributed by atoms with E-state index in [1.165, 1.54) is 37.0 Å². The second-order valence-electron chi connectivity index (χ2n) is 10.2. The lowest BCUT2D eigenvalue weighted by atomic mass is 9.58. The van der Waals surface area contributed by atoms with E-state index in [1.807, 2.05) is 10.9 Å². The third kappa shape index (κ3) is 3.37. The van der Waals surface area contributed by atoms with Crippen LogP contribution in [0.1, 0.15) is 69.5 Å². The number of benzene rings is 1. The molecular formula is C26H33FN2O2. The van der Waals surface area contributed by atoms with Crippen LogP contribution in [0.3, 0.4) is 0 Å². The molecule has 3 aliphatic rings. The van der Waals surface area contributed by atoms with Crippen LogP contribution >= 0.6 is 0 Å². The molecule has 0 spiro atoms. The van der Waals surface area contributed by atoms with Crippen LogP contribution in [0.2, 0.25) is 0 Å². The summed E-state index contributed by atoms with van der Waals surface area (Å²) in [6.45, 7) is 2.37. The number of allylic oxidation sites excluding steroid dienone is 1. The molecule has 0 saturated heterocycles. The molecule has 31 heavy (non-hydrogen) atoms. The maximum Gasteiger partial charge on any atom is 0.123 e. The Morgan fingerprint density at radius 3 is 2.65 bits per heavy atom. The molecule has 0 aliphatic heterocycles. The van der Waals surface area contributed by atoms with Gasteiger partial charge in [0.05, 0.1) is 23.7 Å². The van der Waals surface area contributed by atoms with Crippen LogP contribution in [0.15, 0.2) is 36.0 Å². The van der Waals surface area contributed by atoms with Gasteiger partial charge in [0, 0.05) is 17.4 Å². The molecule has 2 saturated carbocycles. The highest BCUT2D eigenvalue weighted by Crippen LogP contribution is 2.62. The van der Waals surface area contributed by atoms with Crippen LogP contribution in [-0.2, 0) is 6.42 Å². The predicted octanol–water partition coefficient (Wildman–Crippen LogP) is 5.06. The van der Waals surface area contributed by atoms with E-state index in [2.05, 4.69) is 18.1 Å². The molecule has 2 fully saturated rings. The maximum atomic E-state index is 13.4. The zero-order chi connectivity index (χ0) is 21.6. The molecule has 0 radical (unpaired) electrons. The van der Waals surface area contributed by atoms with Gasteiger partial charge in [-0.15, -0.1) is 0 Å². The highest BCUT2D eigenvalue weighted by molar-refractivity contribution is 5.62. The predicted molar refractivity (Wildman–Crippen MR) is 119 cm³/mol. The van der Waals surface area contributed by atoms with Gasteiger partial charge in [-0.3, -0.25) is 0 Å². The van der Waals surface area contributed by atoms with Crippen molar-refractivity contribution in [3.05, 3.63) is 53.1 Å². The van der Waals surface area contributed by atoms with E-state index >= 15 is 0 Å².